The van der Waals surface area contributed by atoms with Crippen molar-refractivity contribution in [3.05, 3.63) is 53.5 Å². The fourth-order valence-corrected chi connectivity index (χ4v) is 3.81. The smallest absolute Gasteiger partial charge is 0.276 e. The highest BCUT2D eigenvalue weighted by molar-refractivity contribution is 5.92. The second-order valence-electron chi connectivity index (χ2n) is 7.98. The summed E-state index contributed by atoms with van der Waals surface area (Å²) in [6.45, 7) is 4.69. The first-order valence-electron chi connectivity index (χ1n) is 10.5. The Hall–Kier alpha value is -3.09. The lowest BCUT2D eigenvalue weighted by Crippen LogP contribution is -2.35. The number of nitrogens with zero attached hydrogens (tertiary/aromatic N) is 3. The molecule has 2 aromatic heterocycles. The van der Waals surface area contributed by atoms with Gasteiger partial charge in [0.15, 0.2) is 11.5 Å². The van der Waals surface area contributed by atoms with E-state index in [0.717, 1.165) is 42.7 Å². The summed E-state index contributed by atoms with van der Waals surface area (Å²) in [5, 5.41) is 8.33. The number of ether oxygens (including phenoxy) is 1. The number of benzene rings is 1. The normalized spacial score (nSPS) is 17.2. The average molecular weight is 409 g/mol. The molecule has 0 N–H and O–H groups in total. The van der Waals surface area contributed by atoms with Crippen LogP contribution in [0.2, 0.25) is 0 Å². The first-order chi connectivity index (χ1) is 14.6. The molecule has 1 aromatic carbocycles. The molecule has 7 heteroatoms. The minimum absolute atomic E-state index is 0.119. The van der Waals surface area contributed by atoms with Crippen LogP contribution in [0.3, 0.4) is 0 Å². The van der Waals surface area contributed by atoms with Gasteiger partial charge in [0.1, 0.15) is 17.2 Å². The van der Waals surface area contributed by atoms with Crippen molar-refractivity contribution >= 4 is 5.91 Å². The predicted molar refractivity (Wildman–Crippen MR) is 111 cm³/mol. The highest BCUT2D eigenvalue weighted by Crippen LogP contribution is 2.33. The molecule has 0 radical (unpaired) electrons. The maximum atomic E-state index is 13.3. The van der Waals surface area contributed by atoms with Crippen molar-refractivity contribution in [2.45, 2.75) is 51.5 Å². The van der Waals surface area contributed by atoms with Gasteiger partial charge in [-0.1, -0.05) is 37.0 Å². The van der Waals surface area contributed by atoms with Gasteiger partial charge < -0.3 is 18.7 Å². The van der Waals surface area contributed by atoms with Crippen LogP contribution in [0, 0.1) is 0 Å². The van der Waals surface area contributed by atoms with Gasteiger partial charge in [0, 0.05) is 30.2 Å². The van der Waals surface area contributed by atoms with Gasteiger partial charge in [-0.05, 0) is 37.1 Å². The molecule has 7 nitrogen and oxygen atoms in total. The van der Waals surface area contributed by atoms with Crippen molar-refractivity contribution in [1.82, 2.24) is 15.2 Å². The van der Waals surface area contributed by atoms with E-state index in [4.69, 9.17) is 13.8 Å². The number of likely N-dealkylation sites (tertiary alicyclic amines) is 1. The van der Waals surface area contributed by atoms with Crippen LogP contribution in [0.4, 0.5) is 0 Å². The van der Waals surface area contributed by atoms with Gasteiger partial charge in [0.25, 0.3) is 5.91 Å². The Balaban J connectivity index is 1.60. The molecular weight excluding hydrogens is 382 g/mol. The minimum Gasteiger partial charge on any atom is -0.497 e. The molecule has 1 saturated heterocycles. The number of methoxy groups -OCH3 is 1. The zero-order valence-corrected chi connectivity index (χ0v) is 17.6. The molecule has 1 amide bonds. The van der Waals surface area contributed by atoms with E-state index in [1.54, 1.807) is 13.2 Å². The molecule has 3 heterocycles. The SMILES string of the molecule is COc1ccc(-c2cc([C@H]3CCCCCN3C(=O)c3cc(C(C)C)on3)no2)cc1. The van der Waals surface area contributed by atoms with E-state index < -0.39 is 0 Å². The zero-order valence-electron chi connectivity index (χ0n) is 17.6. The van der Waals surface area contributed by atoms with E-state index in [1.807, 2.05) is 49.1 Å². The van der Waals surface area contributed by atoms with Crippen molar-refractivity contribution in [3.63, 3.8) is 0 Å². The molecule has 1 atom stereocenters. The lowest BCUT2D eigenvalue weighted by molar-refractivity contribution is 0.0663. The van der Waals surface area contributed by atoms with Crippen LogP contribution in [0.5, 0.6) is 5.75 Å². The third-order valence-corrected chi connectivity index (χ3v) is 5.57. The number of aromatic nitrogens is 2. The molecular formula is C23H27N3O4. The Kier molecular flexibility index (Phi) is 5.88. The second-order valence-corrected chi connectivity index (χ2v) is 7.98. The highest BCUT2D eigenvalue weighted by Gasteiger charge is 2.31. The van der Waals surface area contributed by atoms with E-state index in [9.17, 15) is 4.79 Å². The molecule has 0 saturated carbocycles. The van der Waals surface area contributed by atoms with E-state index in [-0.39, 0.29) is 17.9 Å². The van der Waals surface area contributed by atoms with Crippen LogP contribution in [0.1, 0.15) is 73.4 Å². The lowest BCUT2D eigenvalue weighted by atomic mass is 10.0. The number of carbonyl (C=O) groups is 1. The minimum atomic E-state index is -0.144. The fourth-order valence-electron chi connectivity index (χ4n) is 3.81. The topological polar surface area (TPSA) is 81.6 Å². The summed E-state index contributed by atoms with van der Waals surface area (Å²) in [4.78, 5) is 15.1. The lowest BCUT2D eigenvalue weighted by Gasteiger charge is -2.27. The first kappa shape index (κ1) is 20.2. The van der Waals surface area contributed by atoms with Gasteiger partial charge in [-0.3, -0.25) is 4.79 Å². The maximum Gasteiger partial charge on any atom is 0.276 e. The molecule has 1 fully saturated rings. The van der Waals surface area contributed by atoms with Crippen molar-refractivity contribution in [1.29, 1.82) is 0 Å². The molecule has 3 aromatic rings. The Morgan fingerprint density at radius 1 is 1.10 bits per heavy atom. The molecule has 158 valence electrons. The number of hydrogen-bond acceptors (Lipinski definition) is 6. The third-order valence-electron chi connectivity index (χ3n) is 5.57. The van der Waals surface area contributed by atoms with Crippen LogP contribution in [-0.4, -0.2) is 34.8 Å². The fraction of sp³-hybridized carbons (Fsp3) is 0.435. The van der Waals surface area contributed by atoms with Crippen molar-refractivity contribution < 1.29 is 18.6 Å². The summed E-state index contributed by atoms with van der Waals surface area (Å²) in [5.41, 5.74) is 2.03. The molecule has 0 bridgehead atoms. The van der Waals surface area contributed by atoms with Gasteiger partial charge in [-0.2, -0.15) is 0 Å². The zero-order chi connectivity index (χ0) is 21.1. The molecule has 0 aliphatic carbocycles. The van der Waals surface area contributed by atoms with E-state index in [1.165, 1.54) is 0 Å². The van der Waals surface area contributed by atoms with Crippen molar-refractivity contribution in [2.24, 2.45) is 0 Å². The highest BCUT2D eigenvalue weighted by atomic mass is 16.5. The molecule has 4 rings (SSSR count). The van der Waals surface area contributed by atoms with Crippen molar-refractivity contribution in [3.8, 4) is 17.1 Å². The standard InChI is InChI=1S/C23H27N3O4/c1-15(2)21-14-19(25-29-21)23(27)26-12-6-4-5-7-20(26)18-13-22(30-24-18)16-8-10-17(28-3)11-9-16/h8-11,13-15,20H,4-7,12H2,1-3H3/t20-/m1/s1. The summed E-state index contributed by atoms with van der Waals surface area (Å²) in [6, 6.07) is 11.2. The summed E-state index contributed by atoms with van der Waals surface area (Å²) >= 11 is 0. The molecule has 0 spiro atoms. The molecule has 30 heavy (non-hydrogen) atoms. The van der Waals surface area contributed by atoms with Crippen LogP contribution in [0.25, 0.3) is 11.3 Å². The molecule has 1 aliphatic rings. The number of carbonyl (C=O) groups excluding carboxylic acids is 1. The van der Waals surface area contributed by atoms with Crippen molar-refractivity contribution in [2.75, 3.05) is 13.7 Å². The van der Waals surface area contributed by atoms with Crippen LogP contribution < -0.4 is 4.74 Å². The molecule has 0 unspecified atom stereocenters. The van der Waals surface area contributed by atoms with Crippen LogP contribution >= 0.6 is 0 Å². The Morgan fingerprint density at radius 2 is 1.90 bits per heavy atom. The Morgan fingerprint density at radius 3 is 2.60 bits per heavy atom. The Bertz CT molecular complexity index is 990. The predicted octanol–water partition coefficient (Wildman–Crippen LogP) is 5.22. The monoisotopic (exact) mass is 409 g/mol. The summed E-state index contributed by atoms with van der Waals surface area (Å²) in [5.74, 6) is 2.24. The van der Waals surface area contributed by atoms with Gasteiger partial charge in [-0.15, -0.1) is 0 Å². The quantitative estimate of drug-likeness (QED) is 0.575. The third kappa shape index (κ3) is 4.10. The molecule has 1 aliphatic heterocycles. The maximum absolute atomic E-state index is 13.3. The number of hydrogen-bond donors (Lipinski definition) is 0. The summed E-state index contributed by atoms with van der Waals surface area (Å²) < 4.78 is 16.2. The van der Waals surface area contributed by atoms with Gasteiger partial charge in [0.05, 0.1) is 13.2 Å². The van der Waals surface area contributed by atoms with E-state index in [2.05, 4.69) is 10.3 Å². The summed E-state index contributed by atoms with van der Waals surface area (Å²) in [7, 11) is 1.64. The average Bonchev–Trinajstić information content (AvgIpc) is 3.39. The van der Waals surface area contributed by atoms with E-state index >= 15 is 0 Å². The summed E-state index contributed by atoms with van der Waals surface area (Å²) in [6.07, 6.45) is 3.92. The van der Waals surface area contributed by atoms with Gasteiger partial charge in [-0.25, -0.2) is 0 Å². The van der Waals surface area contributed by atoms with Crippen LogP contribution in [0.15, 0.2) is 45.4 Å². The Labute approximate surface area is 176 Å². The first-order valence-corrected chi connectivity index (χ1v) is 10.5. The largest absolute Gasteiger partial charge is 0.497 e. The van der Waals surface area contributed by atoms with Gasteiger partial charge >= 0.3 is 0 Å². The number of amides is 1. The number of rotatable bonds is 5. The van der Waals surface area contributed by atoms with Crippen LogP contribution in [-0.2, 0) is 0 Å². The van der Waals surface area contributed by atoms with Gasteiger partial charge in [0.2, 0.25) is 0 Å². The second kappa shape index (κ2) is 8.73. The van der Waals surface area contributed by atoms with E-state index in [0.29, 0.717) is 23.8 Å².